The molecule has 0 saturated carbocycles. The molecular formula is C42H36N8O. The number of unbranched alkanes of at least 4 members (excludes halogenated alkanes) is 1. The Balaban J connectivity index is 1.18. The highest BCUT2D eigenvalue weighted by atomic mass is 16.1. The number of hydrogen-bond donors (Lipinski definition) is 1. The molecule has 0 aliphatic rings. The summed E-state index contributed by atoms with van der Waals surface area (Å²) in [5, 5.41) is 21.2. The van der Waals surface area contributed by atoms with Crippen LogP contribution in [0.2, 0.25) is 0 Å². The summed E-state index contributed by atoms with van der Waals surface area (Å²) in [6, 6.07) is 47.6. The highest BCUT2D eigenvalue weighted by molar-refractivity contribution is 5.80. The van der Waals surface area contributed by atoms with Crippen LogP contribution in [0, 0.1) is 0 Å². The van der Waals surface area contributed by atoms with Crippen LogP contribution in [0.25, 0.3) is 33.5 Å². The van der Waals surface area contributed by atoms with Crippen LogP contribution in [-0.4, -0.2) is 40.0 Å². The smallest absolute Gasteiger partial charge is 0.290 e. The molecule has 0 radical (unpaired) electrons. The predicted molar refractivity (Wildman–Crippen MR) is 199 cm³/mol. The first-order valence-corrected chi connectivity index (χ1v) is 17.3. The minimum atomic E-state index is -0.864. The van der Waals surface area contributed by atoms with Gasteiger partial charge >= 0.3 is 0 Å². The van der Waals surface area contributed by atoms with Gasteiger partial charge in [0.2, 0.25) is 5.82 Å². The molecule has 0 fully saturated rings. The molecular weight excluding hydrogens is 633 g/mol. The third-order valence-electron chi connectivity index (χ3n) is 9.46. The molecule has 0 spiro atoms. The number of nitrogens with zero attached hydrogens (tertiary/aromatic N) is 7. The molecule has 0 aliphatic heterocycles. The fraction of sp³-hybridized carbons (Fsp3) is 0.143. The van der Waals surface area contributed by atoms with E-state index < -0.39 is 5.54 Å². The molecule has 9 heteroatoms. The van der Waals surface area contributed by atoms with Crippen molar-refractivity contribution in [3.05, 3.63) is 184 Å². The van der Waals surface area contributed by atoms with Crippen molar-refractivity contribution in [2.24, 2.45) is 0 Å². The van der Waals surface area contributed by atoms with Crippen LogP contribution < -0.4 is 5.56 Å². The fourth-order valence-corrected chi connectivity index (χ4v) is 7.00. The molecule has 9 nitrogen and oxygen atoms in total. The van der Waals surface area contributed by atoms with Gasteiger partial charge in [0.05, 0.1) is 6.20 Å². The lowest BCUT2D eigenvalue weighted by atomic mass is 9.77. The van der Waals surface area contributed by atoms with Crippen molar-refractivity contribution >= 4 is 11.0 Å². The Morgan fingerprint density at radius 1 is 0.706 bits per heavy atom. The zero-order valence-corrected chi connectivity index (χ0v) is 28.2. The summed E-state index contributed by atoms with van der Waals surface area (Å²) >= 11 is 0. The first-order valence-electron chi connectivity index (χ1n) is 17.3. The number of fused-ring (bicyclic) bond motifs is 1. The minimum Gasteiger partial charge on any atom is -0.319 e. The summed E-state index contributed by atoms with van der Waals surface area (Å²) in [6.45, 7) is 2.68. The summed E-state index contributed by atoms with van der Waals surface area (Å²) in [5.41, 5.74) is 7.10. The molecule has 8 aromatic rings. The van der Waals surface area contributed by atoms with Gasteiger partial charge in [0.15, 0.2) is 5.54 Å². The van der Waals surface area contributed by atoms with Crippen molar-refractivity contribution in [3.8, 4) is 22.5 Å². The van der Waals surface area contributed by atoms with E-state index in [1.54, 1.807) is 11.0 Å². The van der Waals surface area contributed by atoms with E-state index in [-0.39, 0.29) is 5.56 Å². The van der Waals surface area contributed by atoms with Gasteiger partial charge in [0, 0.05) is 18.5 Å². The van der Waals surface area contributed by atoms with E-state index >= 15 is 0 Å². The molecule has 0 saturated heterocycles. The van der Waals surface area contributed by atoms with Crippen molar-refractivity contribution in [1.82, 2.24) is 40.0 Å². The second-order valence-electron chi connectivity index (χ2n) is 12.6. The first kappa shape index (κ1) is 31.8. The van der Waals surface area contributed by atoms with Crippen molar-refractivity contribution in [1.29, 1.82) is 0 Å². The molecule has 51 heavy (non-hydrogen) atoms. The number of hydrogen-bond acceptors (Lipinski definition) is 6. The van der Waals surface area contributed by atoms with Crippen LogP contribution in [0.4, 0.5) is 0 Å². The van der Waals surface area contributed by atoms with E-state index in [1.807, 2.05) is 77.4 Å². The number of benzene rings is 5. The van der Waals surface area contributed by atoms with E-state index in [9.17, 15) is 4.79 Å². The highest BCUT2D eigenvalue weighted by Crippen LogP contribution is 2.40. The molecule has 250 valence electrons. The number of H-pyrrole nitrogens is 1. The molecule has 0 aliphatic carbocycles. The van der Waals surface area contributed by atoms with Crippen molar-refractivity contribution in [2.45, 2.75) is 38.3 Å². The van der Waals surface area contributed by atoms with Gasteiger partial charge < -0.3 is 4.57 Å². The van der Waals surface area contributed by atoms with Crippen LogP contribution in [0.1, 0.15) is 47.8 Å². The van der Waals surface area contributed by atoms with Crippen LogP contribution in [0.5, 0.6) is 0 Å². The molecule has 0 amide bonds. The Kier molecular flexibility index (Phi) is 8.59. The standard InChI is InChI=1S/C42H36N8O/c1-2-3-23-38-44-37-28-43-46-41(51)39(37)49(38)29-30-24-26-31(27-25-30)35-21-13-14-22-36(35)40-45-48-50(47-40)42(32-15-7-4-8-16-32,33-17-9-5-10-18-33)34-19-11-6-12-20-34/h4-22,24-28H,2-3,23,29H2,1H3,(H,46,51). The maximum Gasteiger partial charge on any atom is 0.290 e. The zero-order valence-electron chi connectivity index (χ0n) is 28.2. The second kappa shape index (κ2) is 13.8. The van der Waals surface area contributed by atoms with Crippen molar-refractivity contribution < 1.29 is 0 Å². The Morgan fingerprint density at radius 3 is 1.90 bits per heavy atom. The Labute approximate surface area is 295 Å². The highest BCUT2D eigenvalue weighted by Gasteiger charge is 2.41. The molecule has 8 rings (SSSR count). The van der Waals surface area contributed by atoms with Gasteiger partial charge in [0.25, 0.3) is 5.56 Å². The lowest BCUT2D eigenvalue weighted by molar-refractivity contribution is 0.396. The quantitative estimate of drug-likeness (QED) is 0.142. The van der Waals surface area contributed by atoms with Gasteiger partial charge in [0.1, 0.15) is 16.9 Å². The van der Waals surface area contributed by atoms with E-state index in [2.05, 4.69) is 83.9 Å². The lowest BCUT2D eigenvalue weighted by Gasteiger charge is -2.34. The topological polar surface area (TPSA) is 107 Å². The maximum absolute atomic E-state index is 12.8. The summed E-state index contributed by atoms with van der Waals surface area (Å²) in [4.78, 5) is 19.3. The number of aromatic amines is 1. The zero-order chi connectivity index (χ0) is 34.6. The van der Waals surface area contributed by atoms with E-state index in [0.29, 0.717) is 23.4 Å². The average Bonchev–Trinajstić information content (AvgIpc) is 3.82. The second-order valence-corrected chi connectivity index (χ2v) is 12.6. The van der Waals surface area contributed by atoms with E-state index in [1.165, 1.54) is 0 Å². The largest absolute Gasteiger partial charge is 0.319 e. The fourth-order valence-electron chi connectivity index (χ4n) is 7.00. The summed E-state index contributed by atoms with van der Waals surface area (Å²) in [5.74, 6) is 1.42. The van der Waals surface area contributed by atoms with Gasteiger partial charge in [-0.1, -0.05) is 153 Å². The molecule has 5 aromatic carbocycles. The summed E-state index contributed by atoms with van der Waals surface area (Å²) in [6.07, 6.45) is 4.45. The number of aryl methyl sites for hydroxylation is 1. The number of tetrazole rings is 1. The molecule has 0 bridgehead atoms. The minimum absolute atomic E-state index is 0.232. The Hall–Kier alpha value is -6.48. The Bertz CT molecular complexity index is 2350. The molecule has 0 atom stereocenters. The molecule has 3 aromatic heterocycles. The summed E-state index contributed by atoms with van der Waals surface area (Å²) < 4.78 is 2.02. The third-order valence-corrected chi connectivity index (χ3v) is 9.46. The van der Waals surface area contributed by atoms with Crippen LogP contribution in [0.3, 0.4) is 0 Å². The SMILES string of the molecule is CCCCc1nc2cn[nH]c(=O)c2n1Cc1ccc(-c2ccccc2-c2nnn(C(c3ccccc3)(c3ccccc3)c3ccccc3)n2)cc1. The van der Waals surface area contributed by atoms with E-state index in [4.69, 9.17) is 20.4 Å². The van der Waals surface area contributed by atoms with Crippen molar-refractivity contribution in [2.75, 3.05) is 0 Å². The summed E-state index contributed by atoms with van der Waals surface area (Å²) in [7, 11) is 0. The molecule has 3 heterocycles. The normalized spacial score (nSPS) is 11.6. The van der Waals surface area contributed by atoms with Crippen LogP contribution in [0.15, 0.2) is 151 Å². The van der Waals surface area contributed by atoms with Gasteiger partial charge in [-0.05, 0) is 45.0 Å². The average molecular weight is 669 g/mol. The molecule has 1 N–H and O–H groups in total. The number of aromatic nitrogens is 8. The van der Waals surface area contributed by atoms with Gasteiger partial charge in [-0.2, -0.15) is 5.10 Å². The van der Waals surface area contributed by atoms with Gasteiger partial charge in [-0.3, -0.25) is 4.79 Å². The predicted octanol–water partition coefficient (Wildman–Crippen LogP) is 7.67. The number of nitrogens with one attached hydrogen (secondary N) is 1. The van der Waals surface area contributed by atoms with Crippen LogP contribution >= 0.6 is 0 Å². The van der Waals surface area contributed by atoms with Gasteiger partial charge in [-0.15, -0.1) is 15.0 Å². The first-order chi connectivity index (χ1) is 25.2. The Morgan fingerprint density at radius 2 is 1.29 bits per heavy atom. The molecule has 0 unspecified atom stereocenters. The van der Waals surface area contributed by atoms with Crippen LogP contribution in [-0.2, 0) is 18.5 Å². The number of rotatable bonds is 11. The number of imidazole rings is 1. The van der Waals surface area contributed by atoms with Crippen molar-refractivity contribution in [3.63, 3.8) is 0 Å². The van der Waals surface area contributed by atoms with Gasteiger partial charge in [-0.25, -0.2) is 10.1 Å². The third kappa shape index (κ3) is 5.82. The maximum atomic E-state index is 12.8. The van der Waals surface area contributed by atoms with E-state index in [0.717, 1.165) is 64.0 Å². The monoisotopic (exact) mass is 668 g/mol. The lowest BCUT2D eigenvalue weighted by Crippen LogP contribution is -2.39.